The van der Waals surface area contributed by atoms with Gasteiger partial charge in [-0.05, 0) is 42.8 Å². The van der Waals surface area contributed by atoms with Crippen LogP contribution in [0.1, 0.15) is 38.1 Å². The smallest absolute Gasteiger partial charge is 0.330 e. The van der Waals surface area contributed by atoms with Crippen molar-refractivity contribution in [3.05, 3.63) is 89.4 Å². The van der Waals surface area contributed by atoms with Crippen molar-refractivity contribution in [1.82, 2.24) is 5.32 Å². The number of aryl methyl sites for hydroxylation is 1. The Labute approximate surface area is 161 Å². The predicted octanol–water partition coefficient (Wildman–Crippen LogP) is 3.40. The molecule has 3 N–H and O–H groups in total. The van der Waals surface area contributed by atoms with E-state index in [0.29, 0.717) is 22.6 Å². The minimum absolute atomic E-state index is 0.277. The Balaban J connectivity index is 1.68. The first-order valence-corrected chi connectivity index (χ1v) is 8.50. The van der Waals surface area contributed by atoms with Gasteiger partial charge >= 0.3 is 5.97 Å². The van der Waals surface area contributed by atoms with Crippen LogP contribution in [-0.4, -0.2) is 22.9 Å². The van der Waals surface area contributed by atoms with Crippen LogP contribution in [-0.2, 0) is 4.79 Å². The average molecular weight is 378 g/mol. The number of carboxylic acids is 1. The summed E-state index contributed by atoms with van der Waals surface area (Å²) in [6.07, 6.45) is 1.43. The fourth-order valence-electron chi connectivity index (χ4n) is 2.67. The summed E-state index contributed by atoms with van der Waals surface area (Å²) >= 11 is 0. The maximum Gasteiger partial charge on any atom is 0.330 e. The van der Waals surface area contributed by atoms with Crippen molar-refractivity contribution in [2.45, 2.75) is 13.0 Å². The highest BCUT2D eigenvalue weighted by Gasteiger charge is 2.22. The Morgan fingerprint density at radius 1 is 0.929 bits per heavy atom. The summed E-state index contributed by atoms with van der Waals surface area (Å²) in [7, 11) is 0. The molecule has 1 aromatic heterocycles. The highest BCUT2D eigenvalue weighted by atomic mass is 16.4. The lowest BCUT2D eigenvalue weighted by Gasteiger charge is -2.15. The molecule has 2 aromatic carbocycles. The van der Waals surface area contributed by atoms with Gasteiger partial charge in [-0.3, -0.25) is 9.59 Å². The number of furan rings is 1. The number of hydrogen-bond acceptors (Lipinski definition) is 4. The summed E-state index contributed by atoms with van der Waals surface area (Å²) in [6.45, 7) is 1.69. The third-order valence-corrected chi connectivity index (χ3v) is 4.16. The van der Waals surface area contributed by atoms with E-state index < -0.39 is 17.9 Å². The fraction of sp³-hybridized carbons (Fsp3) is 0.0952. The number of carboxylic acid groups (broad SMARTS) is 1. The molecule has 2 amide bonds. The molecular weight excluding hydrogens is 360 g/mol. The second-order valence-electron chi connectivity index (χ2n) is 6.08. The second-order valence-corrected chi connectivity index (χ2v) is 6.08. The molecule has 3 rings (SSSR count). The van der Waals surface area contributed by atoms with Crippen molar-refractivity contribution in [3.63, 3.8) is 0 Å². The SMILES string of the molecule is Cc1occc1C(=O)Nc1ccc(C(=O)N[C@H](C(=O)O)c2ccccc2)cc1. The van der Waals surface area contributed by atoms with Crippen LogP contribution in [0.4, 0.5) is 5.69 Å². The van der Waals surface area contributed by atoms with Crippen molar-refractivity contribution < 1.29 is 23.9 Å². The van der Waals surface area contributed by atoms with Crippen LogP contribution in [0.2, 0.25) is 0 Å². The van der Waals surface area contributed by atoms with Crippen LogP contribution >= 0.6 is 0 Å². The number of carbonyl (C=O) groups is 3. The van der Waals surface area contributed by atoms with E-state index in [-0.39, 0.29) is 11.5 Å². The van der Waals surface area contributed by atoms with Gasteiger partial charge in [0.1, 0.15) is 5.76 Å². The van der Waals surface area contributed by atoms with Gasteiger partial charge in [-0.15, -0.1) is 0 Å². The molecule has 0 fully saturated rings. The molecule has 0 aliphatic rings. The van der Waals surface area contributed by atoms with Crippen molar-refractivity contribution in [2.24, 2.45) is 0 Å². The zero-order valence-electron chi connectivity index (χ0n) is 15.0. The van der Waals surface area contributed by atoms with Gasteiger partial charge in [-0.25, -0.2) is 4.79 Å². The van der Waals surface area contributed by atoms with Crippen LogP contribution in [0.3, 0.4) is 0 Å². The first kappa shape index (κ1) is 18.9. The minimum atomic E-state index is -1.16. The highest BCUT2D eigenvalue weighted by Crippen LogP contribution is 2.16. The summed E-state index contributed by atoms with van der Waals surface area (Å²) in [5.74, 6) is -1.49. The Kier molecular flexibility index (Phi) is 5.55. The molecule has 28 heavy (non-hydrogen) atoms. The van der Waals surface area contributed by atoms with E-state index in [1.54, 1.807) is 55.5 Å². The Morgan fingerprint density at radius 3 is 2.18 bits per heavy atom. The van der Waals surface area contributed by atoms with E-state index in [2.05, 4.69) is 10.6 Å². The van der Waals surface area contributed by atoms with E-state index in [9.17, 15) is 19.5 Å². The monoisotopic (exact) mass is 378 g/mol. The molecule has 0 aliphatic heterocycles. The molecule has 1 atom stereocenters. The maximum absolute atomic E-state index is 12.4. The first-order chi connectivity index (χ1) is 13.5. The molecule has 0 spiro atoms. The number of nitrogens with one attached hydrogen (secondary N) is 2. The molecule has 0 saturated heterocycles. The van der Waals surface area contributed by atoms with Crippen LogP contribution in [0.5, 0.6) is 0 Å². The third-order valence-electron chi connectivity index (χ3n) is 4.16. The second kappa shape index (κ2) is 8.22. The average Bonchev–Trinajstić information content (AvgIpc) is 3.13. The number of rotatable bonds is 6. The van der Waals surface area contributed by atoms with E-state index in [1.165, 1.54) is 18.4 Å². The number of amides is 2. The zero-order valence-corrected chi connectivity index (χ0v) is 15.0. The van der Waals surface area contributed by atoms with Crippen LogP contribution < -0.4 is 10.6 Å². The van der Waals surface area contributed by atoms with Gasteiger partial charge in [-0.2, -0.15) is 0 Å². The molecule has 3 aromatic rings. The molecule has 142 valence electrons. The molecule has 0 unspecified atom stereocenters. The normalized spacial score (nSPS) is 11.5. The number of anilines is 1. The van der Waals surface area contributed by atoms with E-state index >= 15 is 0 Å². The quantitative estimate of drug-likeness (QED) is 0.609. The third kappa shape index (κ3) is 4.27. The number of benzene rings is 2. The van der Waals surface area contributed by atoms with Gasteiger partial charge in [0.05, 0.1) is 11.8 Å². The molecule has 7 heteroatoms. The maximum atomic E-state index is 12.4. The van der Waals surface area contributed by atoms with Crippen LogP contribution in [0.25, 0.3) is 0 Å². The van der Waals surface area contributed by atoms with Gasteiger partial charge in [0.25, 0.3) is 11.8 Å². The summed E-state index contributed by atoms with van der Waals surface area (Å²) in [4.78, 5) is 36.1. The van der Waals surface area contributed by atoms with Crippen molar-refractivity contribution in [3.8, 4) is 0 Å². The van der Waals surface area contributed by atoms with E-state index in [4.69, 9.17) is 4.42 Å². The lowest BCUT2D eigenvalue weighted by atomic mass is 10.1. The Bertz CT molecular complexity index is 993. The molecule has 0 saturated carbocycles. The topological polar surface area (TPSA) is 109 Å². The summed E-state index contributed by atoms with van der Waals surface area (Å²) in [5, 5.41) is 14.6. The largest absolute Gasteiger partial charge is 0.479 e. The van der Waals surface area contributed by atoms with Crippen LogP contribution in [0, 0.1) is 6.92 Å². The lowest BCUT2D eigenvalue weighted by molar-refractivity contribution is -0.139. The fourth-order valence-corrected chi connectivity index (χ4v) is 2.67. The van der Waals surface area contributed by atoms with Crippen molar-refractivity contribution in [2.75, 3.05) is 5.32 Å². The zero-order chi connectivity index (χ0) is 20.1. The minimum Gasteiger partial charge on any atom is -0.479 e. The highest BCUT2D eigenvalue weighted by molar-refractivity contribution is 6.05. The Hall–Kier alpha value is -3.87. The van der Waals surface area contributed by atoms with Gasteiger partial charge in [0.2, 0.25) is 0 Å². The van der Waals surface area contributed by atoms with E-state index in [0.717, 1.165) is 0 Å². The van der Waals surface area contributed by atoms with Crippen molar-refractivity contribution >= 4 is 23.5 Å². The molecule has 0 radical (unpaired) electrons. The molecule has 0 bridgehead atoms. The van der Waals surface area contributed by atoms with Crippen molar-refractivity contribution in [1.29, 1.82) is 0 Å². The van der Waals surface area contributed by atoms with Gasteiger partial charge in [0, 0.05) is 11.3 Å². The molecule has 0 aliphatic carbocycles. The van der Waals surface area contributed by atoms with Gasteiger partial charge in [0.15, 0.2) is 6.04 Å². The Morgan fingerprint density at radius 2 is 1.61 bits per heavy atom. The molecular formula is C21H18N2O5. The van der Waals surface area contributed by atoms with Gasteiger partial charge < -0.3 is 20.2 Å². The summed E-state index contributed by atoms with van der Waals surface area (Å²) < 4.78 is 5.10. The van der Waals surface area contributed by atoms with E-state index in [1.807, 2.05) is 0 Å². The lowest BCUT2D eigenvalue weighted by Crippen LogP contribution is -2.33. The predicted molar refractivity (Wildman–Crippen MR) is 102 cm³/mol. The number of hydrogen-bond donors (Lipinski definition) is 3. The number of aliphatic carboxylic acids is 1. The number of carbonyl (C=O) groups excluding carboxylic acids is 2. The first-order valence-electron chi connectivity index (χ1n) is 8.50. The van der Waals surface area contributed by atoms with Crippen LogP contribution in [0.15, 0.2) is 71.3 Å². The summed E-state index contributed by atoms with van der Waals surface area (Å²) in [6, 6.07) is 15.0. The standard InChI is InChI=1S/C21H18N2O5/c1-13-17(11-12-28-13)20(25)22-16-9-7-15(8-10-16)19(24)23-18(21(26)27)14-5-3-2-4-6-14/h2-12,18H,1H3,(H,22,25)(H,23,24)(H,26,27)/t18-/m0/s1. The summed E-state index contributed by atoms with van der Waals surface area (Å²) in [5.41, 5.74) is 1.68. The molecule has 7 nitrogen and oxygen atoms in total. The van der Waals surface area contributed by atoms with Gasteiger partial charge in [-0.1, -0.05) is 30.3 Å². The molecule has 1 heterocycles.